The monoisotopic (exact) mass is 287 g/mol. The topological polar surface area (TPSA) is 105 Å². The van der Waals surface area contributed by atoms with Crippen LogP contribution in [0.1, 0.15) is 0 Å². The van der Waals surface area contributed by atoms with Gasteiger partial charge in [0, 0.05) is 12.6 Å². The summed E-state index contributed by atoms with van der Waals surface area (Å²) >= 11 is -2.53. The maximum atomic E-state index is 10.7. The lowest BCUT2D eigenvalue weighted by Gasteiger charge is -2.30. The molecule has 0 saturated heterocycles. The van der Waals surface area contributed by atoms with Gasteiger partial charge in [-0.25, -0.2) is 4.21 Å². The molecule has 1 atom stereocenters. The van der Waals surface area contributed by atoms with Crippen molar-refractivity contribution in [3.05, 3.63) is 28.3 Å². The Hall–Kier alpha value is -1.71. The van der Waals surface area contributed by atoms with Gasteiger partial charge in [-0.2, -0.15) is 0 Å². The molecule has 0 spiro atoms. The SMILES string of the molecule is O=[N+]([O-])c1ccc2c(c1)OCCN2CCOS(=O)[O-]. The van der Waals surface area contributed by atoms with Crippen molar-refractivity contribution >= 4 is 22.7 Å². The van der Waals surface area contributed by atoms with E-state index in [2.05, 4.69) is 4.18 Å². The van der Waals surface area contributed by atoms with Crippen LogP contribution in [0.25, 0.3) is 0 Å². The number of hydrogen-bond donors (Lipinski definition) is 0. The minimum Gasteiger partial charge on any atom is -0.750 e. The van der Waals surface area contributed by atoms with Crippen molar-refractivity contribution in [2.75, 3.05) is 31.2 Å². The zero-order valence-electron chi connectivity index (χ0n) is 9.81. The van der Waals surface area contributed by atoms with Gasteiger partial charge in [0.15, 0.2) is 0 Å². The molecule has 0 saturated carbocycles. The van der Waals surface area contributed by atoms with Gasteiger partial charge in [0.05, 0.1) is 41.2 Å². The molecule has 0 aromatic heterocycles. The Balaban J connectivity index is 2.11. The molecular formula is C10H11N2O6S-. The summed E-state index contributed by atoms with van der Waals surface area (Å²) < 4.78 is 30.3. The van der Waals surface area contributed by atoms with E-state index in [1.807, 2.05) is 4.90 Å². The molecule has 0 aliphatic carbocycles. The number of non-ortho nitro benzene ring substituents is 1. The lowest BCUT2D eigenvalue weighted by molar-refractivity contribution is -0.384. The quantitative estimate of drug-likeness (QED) is 0.443. The molecule has 1 aliphatic heterocycles. The average Bonchev–Trinajstić information content (AvgIpc) is 2.37. The van der Waals surface area contributed by atoms with E-state index in [0.717, 1.165) is 0 Å². The van der Waals surface area contributed by atoms with Crippen LogP contribution in [0.5, 0.6) is 5.75 Å². The number of hydrogen-bond acceptors (Lipinski definition) is 7. The van der Waals surface area contributed by atoms with E-state index < -0.39 is 16.3 Å². The molecule has 0 amide bonds. The second-order valence-electron chi connectivity index (χ2n) is 3.77. The van der Waals surface area contributed by atoms with Gasteiger partial charge < -0.3 is 14.2 Å². The molecule has 0 radical (unpaired) electrons. The highest BCUT2D eigenvalue weighted by Crippen LogP contribution is 2.34. The molecule has 0 N–H and O–H groups in total. The van der Waals surface area contributed by atoms with Gasteiger partial charge in [-0.3, -0.25) is 14.3 Å². The first-order chi connectivity index (χ1) is 9.08. The molecule has 2 rings (SSSR count). The third-order valence-corrected chi connectivity index (χ3v) is 3.01. The number of anilines is 1. The Bertz CT molecular complexity index is 509. The summed E-state index contributed by atoms with van der Waals surface area (Å²) in [4.78, 5) is 12.0. The van der Waals surface area contributed by atoms with Gasteiger partial charge in [-0.05, 0) is 6.07 Å². The fourth-order valence-electron chi connectivity index (χ4n) is 1.83. The van der Waals surface area contributed by atoms with Crippen molar-refractivity contribution in [2.24, 2.45) is 0 Å². The van der Waals surface area contributed by atoms with Gasteiger partial charge in [0.2, 0.25) is 0 Å². The smallest absolute Gasteiger partial charge is 0.273 e. The highest BCUT2D eigenvalue weighted by atomic mass is 32.2. The van der Waals surface area contributed by atoms with Crippen LogP contribution in [0.15, 0.2) is 18.2 Å². The lowest BCUT2D eigenvalue weighted by Crippen LogP contribution is -2.35. The van der Waals surface area contributed by atoms with Crippen molar-refractivity contribution in [3.63, 3.8) is 0 Å². The first-order valence-electron chi connectivity index (χ1n) is 5.46. The molecule has 19 heavy (non-hydrogen) atoms. The van der Waals surface area contributed by atoms with Crippen LogP contribution < -0.4 is 9.64 Å². The second kappa shape index (κ2) is 5.95. The van der Waals surface area contributed by atoms with E-state index in [9.17, 15) is 18.9 Å². The Morgan fingerprint density at radius 3 is 3.00 bits per heavy atom. The third kappa shape index (κ3) is 3.40. The minimum atomic E-state index is -2.53. The van der Waals surface area contributed by atoms with Crippen molar-refractivity contribution in [2.45, 2.75) is 0 Å². The molecule has 0 bridgehead atoms. The van der Waals surface area contributed by atoms with Crippen LogP contribution in [0.2, 0.25) is 0 Å². The highest BCUT2D eigenvalue weighted by Gasteiger charge is 2.20. The Morgan fingerprint density at radius 2 is 2.32 bits per heavy atom. The number of nitro benzene ring substituents is 1. The van der Waals surface area contributed by atoms with E-state index >= 15 is 0 Å². The molecule has 1 unspecified atom stereocenters. The summed E-state index contributed by atoms with van der Waals surface area (Å²) in [5.41, 5.74) is 0.648. The van der Waals surface area contributed by atoms with Crippen molar-refractivity contribution in [3.8, 4) is 5.75 Å². The summed E-state index contributed by atoms with van der Waals surface area (Å²) in [6.45, 7) is 1.34. The molecule has 8 nitrogen and oxygen atoms in total. The van der Waals surface area contributed by atoms with Crippen molar-refractivity contribution < 1.29 is 22.6 Å². The van der Waals surface area contributed by atoms with Crippen LogP contribution >= 0.6 is 0 Å². The van der Waals surface area contributed by atoms with Crippen LogP contribution in [0.4, 0.5) is 11.4 Å². The predicted octanol–water partition coefficient (Wildman–Crippen LogP) is 0.604. The molecule has 1 heterocycles. The summed E-state index contributed by atoms with van der Waals surface area (Å²) in [6, 6.07) is 4.32. The Morgan fingerprint density at radius 1 is 1.53 bits per heavy atom. The zero-order chi connectivity index (χ0) is 13.8. The van der Waals surface area contributed by atoms with E-state index in [-0.39, 0.29) is 12.3 Å². The van der Waals surface area contributed by atoms with E-state index in [0.29, 0.717) is 31.1 Å². The van der Waals surface area contributed by atoms with Gasteiger partial charge in [-0.1, -0.05) is 0 Å². The average molecular weight is 287 g/mol. The van der Waals surface area contributed by atoms with Gasteiger partial charge in [0.1, 0.15) is 12.4 Å². The van der Waals surface area contributed by atoms with Crippen LogP contribution in [0, 0.1) is 10.1 Å². The number of nitrogens with zero attached hydrogens (tertiary/aromatic N) is 2. The van der Waals surface area contributed by atoms with Gasteiger partial charge in [0.25, 0.3) is 5.69 Å². The molecule has 0 fully saturated rings. The summed E-state index contributed by atoms with van der Waals surface area (Å²) in [5.74, 6) is 0.420. The maximum Gasteiger partial charge on any atom is 0.273 e. The Kier molecular flexibility index (Phi) is 4.30. The van der Waals surface area contributed by atoms with Gasteiger partial charge in [-0.15, -0.1) is 0 Å². The molecule has 1 aliphatic rings. The van der Waals surface area contributed by atoms with Crippen molar-refractivity contribution in [1.29, 1.82) is 0 Å². The van der Waals surface area contributed by atoms with E-state index in [4.69, 9.17) is 4.74 Å². The second-order valence-corrected chi connectivity index (χ2v) is 4.41. The van der Waals surface area contributed by atoms with E-state index in [1.54, 1.807) is 6.07 Å². The predicted molar refractivity (Wildman–Crippen MR) is 65.7 cm³/mol. The third-order valence-electron chi connectivity index (χ3n) is 2.65. The molecular weight excluding hydrogens is 276 g/mol. The molecule has 9 heteroatoms. The van der Waals surface area contributed by atoms with Crippen LogP contribution in [0.3, 0.4) is 0 Å². The fraction of sp³-hybridized carbons (Fsp3) is 0.400. The highest BCUT2D eigenvalue weighted by molar-refractivity contribution is 7.74. The zero-order valence-corrected chi connectivity index (χ0v) is 10.6. The standard InChI is InChI=1S/C10H12N2O6S/c13-12(14)8-1-2-9-10(7-8)17-5-3-11(9)4-6-18-19(15)16/h1-2,7H,3-6H2,(H,15,16)/p-1. The van der Waals surface area contributed by atoms with Crippen molar-refractivity contribution in [1.82, 2.24) is 0 Å². The first kappa shape index (κ1) is 13.7. The van der Waals surface area contributed by atoms with E-state index in [1.165, 1.54) is 12.1 Å². The normalized spacial score (nSPS) is 15.5. The largest absolute Gasteiger partial charge is 0.750 e. The molecule has 104 valence electrons. The van der Waals surface area contributed by atoms with Crippen LogP contribution in [-0.2, 0) is 15.5 Å². The van der Waals surface area contributed by atoms with Gasteiger partial charge >= 0.3 is 0 Å². The number of ether oxygens (including phenoxy) is 1. The summed E-state index contributed by atoms with van der Waals surface area (Å²) in [7, 11) is 0. The molecule has 1 aromatic rings. The lowest BCUT2D eigenvalue weighted by atomic mass is 10.2. The first-order valence-corrected chi connectivity index (χ1v) is 6.46. The maximum absolute atomic E-state index is 10.7. The minimum absolute atomic E-state index is 0.0204. The number of fused-ring (bicyclic) bond motifs is 1. The number of rotatable bonds is 5. The fourth-order valence-corrected chi connectivity index (χ4v) is 2.04. The summed E-state index contributed by atoms with van der Waals surface area (Å²) in [6.07, 6.45) is 0. The number of benzene rings is 1. The summed E-state index contributed by atoms with van der Waals surface area (Å²) in [5, 5.41) is 10.7. The molecule has 1 aromatic carbocycles. The Labute approximate surface area is 111 Å². The number of nitro groups is 1. The van der Waals surface area contributed by atoms with Crippen LogP contribution in [-0.4, -0.2) is 40.0 Å².